The summed E-state index contributed by atoms with van der Waals surface area (Å²) in [5.74, 6) is 0.766. The van der Waals surface area contributed by atoms with Crippen LogP contribution < -0.4 is 25.6 Å². The van der Waals surface area contributed by atoms with Crippen molar-refractivity contribution in [1.29, 1.82) is 0 Å². The van der Waals surface area contributed by atoms with Gasteiger partial charge in [0.2, 0.25) is 0 Å². The molecular formula is C23H29N3O5S. The summed E-state index contributed by atoms with van der Waals surface area (Å²) in [7, 11) is 1.59. The van der Waals surface area contributed by atoms with E-state index in [0.29, 0.717) is 36.2 Å². The zero-order valence-electron chi connectivity index (χ0n) is 18.5. The second kappa shape index (κ2) is 13.3. The van der Waals surface area contributed by atoms with Gasteiger partial charge in [0.25, 0.3) is 11.8 Å². The van der Waals surface area contributed by atoms with Gasteiger partial charge in [0.05, 0.1) is 6.61 Å². The molecule has 0 spiro atoms. The normalized spacial score (nSPS) is 11.2. The monoisotopic (exact) mass is 459 g/mol. The summed E-state index contributed by atoms with van der Waals surface area (Å²) in [5, 5.41) is 2.46. The van der Waals surface area contributed by atoms with Crippen molar-refractivity contribution in [3.63, 3.8) is 0 Å². The topological polar surface area (TPSA) is 97.9 Å². The quantitative estimate of drug-likeness (QED) is 0.285. The average molecular weight is 460 g/mol. The molecule has 0 bridgehead atoms. The van der Waals surface area contributed by atoms with Gasteiger partial charge in [-0.25, -0.2) is 0 Å². The van der Waals surface area contributed by atoms with E-state index in [4.69, 9.17) is 26.4 Å². The molecule has 172 valence electrons. The molecule has 9 heteroatoms. The molecule has 0 aliphatic carbocycles. The van der Waals surface area contributed by atoms with E-state index in [1.54, 1.807) is 31.4 Å². The third kappa shape index (κ3) is 8.16. The third-order valence-electron chi connectivity index (χ3n) is 4.64. The van der Waals surface area contributed by atoms with Crippen molar-refractivity contribution < 1.29 is 23.8 Å². The smallest absolute Gasteiger partial charge is 0.276 e. The Balaban J connectivity index is 1.75. The molecular weight excluding hydrogens is 430 g/mol. The van der Waals surface area contributed by atoms with Crippen molar-refractivity contribution in [1.82, 2.24) is 16.2 Å². The second-order valence-corrected chi connectivity index (χ2v) is 7.37. The van der Waals surface area contributed by atoms with Gasteiger partial charge in [0.1, 0.15) is 18.1 Å². The van der Waals surface area contributed by atoms with Crippen LogP contribution in [0.15, 0.2) is 48.5 Å². The first-order valence-corrected chi connectivity index (χ1v) is 10.7. The predicted octanol–water partition coefficient (Wildman–Crippen LogP) is 2.94. The number of hydrazine groups is 1. The van der Waals surface area contributed by atoms with Crippen molar-refractivity contribution in [2.24, 2.45) is 0 Å². The molecule has 32 heavy (non-hydrogen) atoms. The fraction of sp³-hybridized carbons (Fsp3) is 0.348. The lowest BCUT2D eigenvalue weighted by Crippen LogP contribution is -2.49. The fourth-order valence-corrected chi connectivity index (χ4v) is 2.84. The number of methoxy groups -OCH3 is 1. The molecule has 0 saturated carbocycles. The summed E-state index contributed by atoms with van der Waals surface area (Å²) in [6.45, 7) is 4.90. The van der Waals surface area contributed by atoms with Gasteiger partial charge in [-0.2, -0.15) is 0 Å². The maximum Gasteiger partial charge on any atom is 0.276 e. The number of benzene rings is 2. The highest BCUT2D eigenvalue weighted by Crippen LogP contribution is 2.28. The van der Waals surface area contributed by atoms with E-state index in [-0.39, 0.29) is 11.7 Å². The first kappa shape index (κ1) is 25.1. The molecule has 0 aromatic heterocycles. The number of carbonyl (C=O) groups is 2. The largest absolute Gasteiger partial charge is 0.491 e. The number of hydrogen-bond acceptors (Lipinski definition) is 6. The van der Waals surface area contributed by atoms with Crippen LogP contribution >= 0.6 is 12.2 Å². The number of carbonyl (C=O) groups excluding carboxylic acids is 2. The summed E-state index contributed by atoms with van der Waals surface area (Å²) in [6, 6.07) is 14.2. The Morgan fingerprint density at radius 3 is 2.41 bits per heavy atom. The first-order chi connectivity index (χ1) is 15.4. The van der Waals surface area contributed by atoms with Crippen molar-refractivity contribution in [2.45, 2.75) is 26.2 Å². The molecule has 0 radical (unpaired) electrons. The average Bonchev–Trinajstić information content (AvgIpc) is 2.81. The number of para-hydroxylation sites is 1. The molecule has 0 heterocycles. The molecule has 3 N–H and O–H groups in total. The Hall–Kier alpha value is -3.17. The number of nitrogens with one attached hydrogen (secondary N) is 3. The van der Waals surface area contributed by atoms with Gasteiger partial charge in [-0.3, -0.25) is 25.8 Å². The van der Waals surface area contributed by atoms with E-state index in [0.717, 1.165) is 12.0 Å². The van der Waals surface area contributed by atoms with Crippen molar-refractivity contribution in [3.8, 4) is 11.5 Å². The molecule has 2 rings (SSSR count). The van der Waals surface area contributed by atoms with Gasteiger partial charge >= 0.3 is 0 Å². The van der Waals surface area contributed by atoms with Gasteiger partial charge in [0, 0.05) is 12.7 Å². The van der Waals surface area contributed by atoms with E-state index in [1.165, 1.54) is 0 Å². The zero-order valence-corrected chi connectivity index (χ0v) is 19.3. The minimum atomic E-state index is -0.432. The van der Waals surface area contributed by atoms with E-state index in [2.05, 4.69) is 30.0 Å². The molecule has 1 unspecified atom stereocenters. The molecule has 0 saturated heterocycles. The van der Waals surface area contributed by atoms with Crippen LogP contribution in [0, 0.1) is 0 Å². The Labute approximate surface area is 193 Å². The van der Waals surface area contributed by atoms with Gasteiger partial charge in [-0.15, -0.1) is 0 Å². The zero-order chi connectivity index (χ0) is 23.3. The molecule has 2 aromatic carbocycles. The van der Waals surface area contributed by atoms with Crippen LogP contribution in [0.3, 0.4) is 0 Å². The van der Waals surface area contributed by atoms with Crippen molar-refractivity contribution in [3.05, 3.63) is 59.7 Å². The molecule has 1 atom stereocenters. The van der Waals surface area contributed by atoms with Crippen molar-refractivity contribution in [2.75, 3.05) is 26.9 Å². The maximum absolute atomic E-state index is 12.3. The number of hydrogen-bond donors (Lipinski definition) is 3. The van der Waals surface area contributed by atoms with Crippen molar-refractivity contribution >= 4 is 29.1 Å². The number of amides is 2. The molecule has 0 fully saturated rings. The lowest BCUT2D eigenvalue weighted by molar-refractivity contribution is -0.123. The number of ether oxygens (including phenoxy) is 3. The number of thiocarbonyl (C=S) groups is 1. The second-order valence-electron chi connectivity index (χ2n) is 6.96. The molecule has 2 aromatic rings. The van der Waals surface area contributed by atoms with Crippen LogP contribution in [0.25, 0.3) is 0 Å². The van der Waals surface area contributed by atoms with Crippen LogP contribution in [0.2, 0.25) is 0 Å². The van der Waals surface area contributed by atoms with Crippen LogP contribution in [-0.2, 0) is 9.53 Å². The van der Waals surface area contributed by atoms with Crippen LogP contribution in [0.1, 0.15) is 42.1 Å². The highest BCUT2D eigenvalue weighted by atomic mass is 32.1. The van der Waals surface area contributed by atoms with Gasteiger partial charge < -0.3 is 14.2 Å². The molecule has 0 aliphatic heterocycles. The molecule has 0 aliphatic rings. The predicted molar refractivity (Wildman–Crippen MR) is 126 cm³/mol. The van der Waals surface area contributed by atoms with Crippen LogP contribution in [0.5, 0.6) is 11.5 Å². The van der Waals surface area contributed by atoms with Crippen LogP contribution in [0.4, 0.5) is 0 Å². The van der Waals surface area contributed by atoms with E-state index >= 15 is 0 Å². The molecule has 2 amide bonds. The lowest BCUT2D eigenvalue weighted by atomic mass is 9.98. The Morgan fingerprint density at radius 2 is 1.72 bits per heavy atom. The maximum atomic E-state index is 12.3. The Kier molecular flexibility index (Phi) is 10.4. The summed E-state index contributed by atoms with van der Waals surface area (Å²) >= 11 is 5.06. The summed E-state index contributed by atoms with van der Waals surface area (Å²) in [4.78, 5) is 24.4. The van der Waals surface area contributed by atoms with Gasteiger partial charge in [-0.05, 0) is 60.5 Å². The standard InChI is InChI=1S/C23H29N3O5S/c1-4-16(2)19-7-5-6-8-20(19)31-15-21(27)25-26-23(32)24-22(28)17-9-11-18(12-10-17)30-14-13-29-3/h5-12,16H,4,13-15H2,1-3H3,(H,25,27)(H2,24,26,28,32). The Bertz CT molecular complexity index is 905. The Morgan fingerprint density at radius 1 is 1.00 bits per heavy atom. The van der Waals surface area contributed by atoms with E-state index in [1.807, 2.05) is 24.3 Å². The highest BCUT2D eigenvalue weighted by molar-refractivity contribution is 7.80. The third-order valence-corrected chi connectivity index (χ3v) is 4.84. The SMILES string of the molecule is CCC(C)c1ccccc1OCC(=O)NNC(=S)NC(=O)c1ccc(OCCOC)cc1. The summed E-state index contributed by atoms with van der Waals surface area (Å²) < 4.78 is 16.0. The first-order valence-electron chi connectivity index (χ1n) is 10.3. The number of rotatable bonds is 10. The summed E-state index contributed by atoms with van der Waals surface area (Å²) in [6.07, 6.45) is 0.964. The molecule has 8 nitrogen and oxygen atoms in total. The van der Waals surface area contributed by atoms with E-state index < -0.39 is 11.8 Å². The lowest BCUT2D eigenvalue weighted by Gasteiger charge is -2.16. The highest BCUT2D eigenvalue weighted by Gasteiger charge is 2.12. The minimum Gasteiger partial charge on any atom is -0.491 e. The fourth-order valence-electron chi connectivity index (χ4n) is 2.70. The van der Waals surface area contributed by atoms with Crippen LogP contribution in [-0.4, -0.2) is 43.9 Å². The van der Waals surface area contributed by atoms with E-state index in [9.17, 15) is 9.59 Å². The summed E-state index contributed by atoms with van der Waals surface area (Å²) in [5.41, 5.74) is 6.35. The van der Waals surface area contributed by atoms with Gasteiger partial charge in [0.15, 0.2) is 11.7 Å². The van der Waals surface area contributed by atoms with Gasteiger partial charge in [-0.1, -0.05) is 32.0 Å². The minimum absolute atomic E-state index is 0.0382.